The number of rotatable bonds is 9. The fraction of sp³-hybridized carbons (Fsp3) is 0.579. The van der Waals surface area contributed by atoms with Gasteiger partial charge in [0.2, 0.25) is 21.8 Å². The predicted octanol–water partition coefficient (Wildman–Crippen LogP) is 0.590. The normalized spacial score (nSPS) is 18.1. The molecule has 9 heteroatoms. The second-order valence-corrected chi connectivity index (χ2v) is 9.17. The first-order chi connectivity index (χ1) is 13.2. The number of carbonyl (C=O) groups excluding carboxylic acids is 2. The fourth-order valence-electron chi connectivity index (χ4n) is 2.93. The van der Waals surface area contributed by atoms with Gasteiger partial charge in [-0.05, 0) is 25.3 Å². The standard InChI is InChI=1S/C19H29N3O5S/c1-15(19(24)20-12-17-10-7-11-27-17)22(13-16-8-5-4-6-9-16)18(23)14-21(2)28(3,25)26/h4-6,8-9,15,17H,7,10-14H2,1-3H3,(H,20,24)/t15-,17-/m0/s1. The van der Waals surface area contributed by atoms with Crippen LogP contribution in [0.2, 0.25) is 0 Å². The molecule has 0 saturated carbocycles. The van der Waals surface area contributed by atoms with Crippen molar-refractivity contribution in [3.63, 3.8) is 0 Å². The monoisotopic (exact) mass is 411 g/mol. The highest BCUT2D eigenvalue weighted by atomic mass is 32.2. The summed E-state index contributed by atoms with van der Waals surface area (Å²) >= 11 is 0. The van der Waals surface area contributed by atoms with Gasteiger partial charge < -0.3 is 15.0 Å². The second-order valence-electron chi connectivity index (χ2n) is 7.08. The van der Waals surface area contributed by atoms with Crippen LogP contribution in [0.25, 0.3) is 0 Å². The van der Waals surface area contributed by atoms with Gasteiger partial charge in [-0.3, -0.25) is 9.59 Å². The molecule has 1 heterocycles. The third kappa shape index (κ3) is 6.57. The van der Waals surface area contributed by atoms with Crippen LogP contribution in [0.15, 0.2) is 30.3 Å². The van der Waals surface area contributed by atoms with Gasteiger partial charge in [0.05, 0.1) is 18.9 Å². The zero-order valence-electron chi connectivity index (χ0n) is 16.6. The van der Waals surface area contributed by atoms with Gasteiger partial charge in [0.25, 0.3) is 0 Å². The van der Waals surface area contributed by atoms with Crippen molar-refractivity contribution < 1.29 is 22.7 Å². The quantitative estimate of drug-likeness (QED) is 0.642. The Morgan fingerprint density at radius 1 is 1.29 bits per heavy atom. The third-order valence-corrected chi connectivity index (χ3v) is 6.08. The number of nitrogens with one attached hydrogen (secondary N) is 1. The zero-order chi connectivity index (χ0) is 20.7. The van der Waals surface area contributed by atoms with Gasteiger partial charge in [-0.1, -0.05) is 30.3 Å². The van der Waals surface area contributed by atoms with E-state index in [1.807, 2.05) is 30.3 Å². The molecule has 0 bridgehead atoms. The maximum absolute atomic E-state index is 12.8. The van der Waals surface area contributed by atoms with E-state index in [0.717, 1.165) is 29.0 Å². The fourth-order valence-corrected chi connectivity index (χ4v) is 3.27. The Morgan fingerprint density at radius 2 is 1.96 bits per heavy atom. The molecule has 0 aromatic heterocycles. The van der Waals surface area contributed by atoms with Crippen molar-refractivity contribution in [1.82, 2.24) is 14.5 Å². The lowest BCUT2D eigenvalue weighted by molar-refractivity contribution is -0.140. The molecule has 0 spiro atoms. The molecule has 1 saturated heterocycles. The van der Waals surface area contributed by atoms with Gasteiger partial charge in [-0.15, -0.1) is 0 Å². The topological polar surface area (TPSA) is 96.0 Å². The Morgan fingerprint density at radius 3 is 2.54 bits per heavy atom. The number of hydrogen-bond acceptors (Lipinski definition) is 5. The van der Waals surface area contributed by atoms with Crippen molar-refractivity contribution >= 4 is 21.8 Å². The van der Waals surface area contributed by atoms with E-state index in [9.17, 15) is 18.0 Å². The first-order valence-electron chi connectivity index (χ1n) is 9.32. The molecule has 2 amide bonds. The highest BCUT2D eigenvalue weighted by Crippen LogP contribution is 2.13. The van der Waals surface area contributed by atoms with Gasteiger partial charge in [-0.2, -0.15) is 4.31 Å². The molecule has 28 heavy (non-hydrogen) atoms. The van der Waals surface area contributed by atoms with Crippen LogP contribution in [0.4, 0.5) is 0 Å². The Hall–Kier alpha value is -1.97. The number of nitrogens with zero attached hydrogens (tertiary/aromatic N) is 2. The van der Waals surface area contributed by atoms with E-state index >= 15 is 0 Å². The lowest BCUT2D eigenvalue weighted by Crippen LogP contribution is -2.51. The highest BCUT2D eigenvalue weighted by Gasteiger charge is 2.29. The number of carbonyl (C=O) groups is 2. The van der Waals surface area contributed by atoms with E-state index in [1.54, 1.807) is 6.92 Å². The van der Waals surface area contributed by atoms with E-state index in [4.69, 9.17) is 4.74 Å². The summed E-state index contributed by atoms with van der Waals surface area (Å²) in [6, 6.07) is 8.54. The number of ether oxygens (including phenoxy) is 1. The minimum atomic E-state index is -3.50. The van der Waals surface area contributed by atoms with E-state index in [2.05, 4.69) is 5.32 Å². The third-order valence-electron chi connectivity index (χ3n) is 4.82. The summed E-state index contributed by atoms with van der Waals surface area (Å²) in [7, 11) is -2.16. The van der Waals surface area contributed by atoms with Crippen LogP contribution in [0.1, 0.15) is 25.3 Å². The average molecular weight is 412 g/mol. The first-order valence-corrected chi connectivity index (χ1v) is 11.2. The van der Waals surface area contributed by atoms with Crippen LogP contribution in [-0.2, 0) is 30.9 Å². The minimum Gasteiger partial charge on any atom is -0.376 e. The average Bonchev–Trinajstić information content (AvgIpc) is 3.17. The maximum atomic E-state index is 12.8. The van der Waals surface area contributed by atoms with E-state index in [1.165, 1.54) is 11.9 Å². The minimum absolute atomic E-state index is 0.00536. The Bertz CT molecular complexity index is 763. The molecule has 2 rings (SSSR count). The molecule has 0 unspecified atom stereocenters. The number of benzene rings is 1. The largest absolute Gasteiger partial charge is 0.376 e. The summed E-state index contributed by atoms with van der Waals surface area (Å²) in [4.78, 5) is 26.9. The van der Waals surface area contributed by atoms with Gasteiger partial charge >= 0.3 is 0 Å². The van der Waals surface area contributed by atoms with Gasteiger partial charge in [0.15, 0.2) is 0 Å². The number of hydrogen-bond donors (Lipinski definition) is 1. The lowest BCUT2D eigenvalue weighted by Gasteiger charge is -2.30. The van der Waals surface area contributed by atoms with Crippen LogP contribution in [0.5, 0.6) is 0 Å². The molecule has 0 radical (unpaired) electrons. The SMILES string of the molecule is C[C@@H](C(=O)NC[C@@H]1CCCO1)N(Cc1ccccc1)C(=O)CN(C)S(C)(=O)=O. The van der Waals surface area contributed by atoms with Crippen LogP contribution >= 0.6 is 0 Å². The van der Waals surface area contributed by atoms with Crippen LogP contribution in [0, 0.1) is 0 Å². The predicted molar refractivity (Wildman–Crippen MR) is 106 cm³/mol. The Labute approximate surface area is 166 Å². The molecule has 1 aromatic carbocycles. The van der Waals surface area contributed by atoms with Crippen molar-refractivity contribution in [2.24, 2.45) is 0 Å². The summed E-state index contributed by atoms with van der Waals surface area (Å²) in [5, 5.41) is 2.84. The molecule has 156 valence electrons. The first kappa shape index (κ1) is 22.3. The van der Waals surface area contributed by atoms with Gasteiger partial charge in [0, 0.05) is 26.7 Å². The summed E-state index contributed by atoms with van der Waals surface area (Å²) in [5.74, 6) is -0.724. The summed E-state index contributed by atoms with van der Waals surface area (Å²) in [6.45, 7) is 2.64. The Balaban J connectivity index is 2.09. The number of amides is 2. The zero-order valence-corrected chi connectivity index (χ0v) is 17.4. The van der Waals surface area contributed by atoms with Crippen LogP contribution in [-0.4, -0.2) is 74.6 Å². The highest BCUT2D eigenvalue weighted by molar-refractivity contribution is 7.88. The van der Waals surface area contributed by atoms with E-state index in [-0.39, 0.29) is 25.1 Å². The van der Waals surface area contributed by atoms with E-state index < -0.39 is 22.0 Å². The van der Waals surface area contributed by atoms with Gasteiger partial charge in [-0.25, -0.2) is 8.42 Å². The van der Waals surface area contributed by atoms with Crippen molar-refractivity contribution in [3.8, 4) is 0 Å². The Kier molecular flexibility index (Phi) is 7.97. The molecule has 1 aromatic rings. The molecule has 1 aliphatic heterocycles. The molecular weight excluding hydrogens is 382 g/mol. The van der Waals surface area contributed by atoms with Crippen LogP contribution < -0.4 is 5.32 Å². The molecular formula is C19H29N3O5S. The number of likely N-dealkylation sites (N-methyl/N-ethyl adjacent to an activating group) is 1. The molecule has 8 nitrogen and oxygen atoms in total. The van der Waals surface area contributed by atoms with Crippen molar-refractivity contribution in [1.29, 1.82) is 0 Å². The lowest BCUT2D eigenvalue weighted by atomic mass is 10.1. The summed E-state index contributed by atoms with van der Waals surface area (Å²) in [5.41, 5.74) is 0.858. The second kappa shape index (κ2) is 9.99. The van der Waals surface area contributed by atoms with Crippen molar-refractivity contribution in [2.45, 2.75) is 38.5 Å². The molecule has 1 aliphatic rings. The van der Waals surface area contributed by atoms with Crippen LogP contribution in [0.3, 0.4) is 0 Å². The molecule has 1 N–H and O–H groups in total. The summed E-state index contributed by atoms with van der Waals surface area (Å²) in [6.07, 6.45) is 2.93. The smallest absolute Gasteiger partial charge is 0.242 e. The summed E-state index contributed by atoms with van der Waals surface area (Å²) < 4.78 is 29.8. The molecule has 1 fully saturated rings. The van der Waals surface area contributed by atoms with E-state index in [0.29, 0.717) is 13.2 Å². The molecule has 0 aliphatic carbocycles. The van der Waals surface area contributed by atoms with Crippen molar-refractivity contribution in [2.75, 3.05) is 33.0 Å². The van der Waals surface area contributed by atoms with Gasteiger partial charge in [0.1, 0.15) is 6.04 Å². The number of sulfonamides is 1. The molecule has 2 atom stereocenters. The maximum Gasteiger partial charge on any atom is 0.242 e. The van der Waals surface area contributed by atoms with Crippen molar-refractivity contribution in [3.05, 3.63) is 35.9 Å².